The number of fused-ring (bicyclic) bond motifs is 1. The van der Waals surface area contributed by atoms with E-state index in [4.69, 9.17) is 16.7 Å². The van der Waals surface area contributed by atoms with Crippen LogP contribution < -0.4 is 10.2 Å². The van der Waals surface area contributed by atoms with Crippen LogP contribution in [0.3, 0.4) is 0 Å². The maximum absolute atomic E-state index is 15.3. The average molecular weight is 786 g/mol. The number of nitrogens with one attached hydrogen (secondary N) is 1. The van der Waals surface area contributed by atoms with Crippen molar-refractivity contribution in [3.63, 3.8) is 0 Å². The van der Waals surface area contributed by atoms with Gasteiger partial charge in [-0.1, -0.05) is 29.5 Å². The van der Waals surface area contributed by atoms with Gasteiger partial charge >= 0.3 is 0 Å². The molecule has 57 heavy (non-hydrogen) atoms. The van der Waals surface area contributed by atoms with Crippen molar-refractivity contribution in [3.8, 4) is 23.6 Å². The number of nitriles is 1. The standard InChI is InChI=1S/C44H41ClFN7O4/c1-26-36(27(2)53(49-26)34-8-7-31(25-47)38(45)24-34)21-29-4-6-30(39(46)22-29)5-3-28-13-17-50(18-14-28)32-15-19-51(20-16-32)33-9-10-35-37(23-33)44(57)52(43(35)56)40-11-12-41(54)48-42(40)55/h4,6-10,22-24,28,32,40H,11-21H2,1-2H3,(H,48,54,55). The van der Waals surface area contributed by atoms with E-state index >= 15 is 4.39 Å². The molecule has 1 atom stereocenters. The first-order chi connectivity index (χ1) is 27.5. The highest BCUT2D eigenvalue weighted by Gasteiger charge is 2.45. The molecule has 1 aromatic heterocycles. The Bertz CT molecular complexity index is 2430. The summed E-state index contributed by atoms with van der Waals surface area (Å²) in [6.07, 6.45) is 4.50. The van der Waals surface area contributed by atoms with Crippen LogP contribution in [0.2, 0.25) is 5.02 Å². The van der Waals surface area contributed by atoms with Crippen molar-refractivity contribution in [1.29, 1.82) is 5.26 Å². The largest absolute Gasteiger partial charge is 0.371 e. The number of aryl methyl sites for hydroxylation is 1. The van der Waals surface area contributed by atoms with Crippen LogP contribution in [0.25, 0.3) is 5.69 Å². The summed E-state index contributed by atoms with van der Waals surface area (Å²) in [6.45, 7) is 7.38. The van der Waals surface area contributed by atoms with Gasteiger partial charge in [-0.3, -0.25) is 29.4 Å². The maximum Gasteiger partial charge on any atom is 0.262 e. The van der Waals surface area contributed by atoms with Gasteiger partial charge in [0.25, 0.3) is 11.8 Å². The Morgan fingerprint density at radius 2 is 1.58 bits per heavy atom. The van der Waals surface area contributed by atoms with Crippen molar-refractivity contribution < 1.29 is 23.6 Å². The van der Waals surface area contributed by atoms with Crippen molar-refractivity contribution in [2.45, 2.75) is 70.9 Å². The third-order valence-corrected chi connectivity index (χ3v) is 12.2. The average Bonchev–Trinajstić information content (AvgIpc) is 3.63. The molecule has 0 spiro atoms. The van der Waals surface area contributed by atoms with E-state index in [1.165, 1.54) is 0 Å². The second kappa shape index (κ2) is 15.6. The van der Waals surface area contributed by atoms with Crippen LogP contribution in [0.5, 0.6) is 0 Å². The van der Waals surface area contributed by atoms with Crippen molar-refractivity contribution in [2.24, 2.45) is 5.92 Å². The van der Waals surface area contributed by atoms with Crippen molar-refractivity contribution >= 4 is 40.9 Å². The molecule has 13 heteroatoms. The van der Waals surface area contributed by atoms with Crippen LogP contribution in [0.1, 0.15) is 92.9 Å². The van der Waals surface area contributed by atoms with Gasteiger partial charge in [0.15, 0.2) is 0 Å². The molecule has 290 valence electrons. The molecule has 4 aliphatic rings. The van der Waals surface area contributed by atoms with Gasteiger partial charge in [0.2, 0.25) is 11.8 Å². The zero-order valence-electron chi connectivity index (χ0n) is 31.8. The summed E-state index contributed by atoms with van der Waals surface area (Å²) < 4.78 is 17.1. The van der Waals surface area contributed by atoms with E-state index in [0.29, 0.717) is 34.2 Å². The number of carbonyl (C=O) groups excluding carboxylic acids is 4. The van der Waals surface area contributed by atoms with E-state index in [1.807, 2.05) is 32.0 Å². The third kappa shape index (κ3) is 7.43. The summed E-state index contributed by atoms with van der Waals surface area (Å²) in [5, 5.41) is 16.5. The summed E-state index contributed by atoms with van der Waals surface area (Å²) in [6, 6.07) is 17.3. The molecule has 1 unspecified atom stereocenters. The lowest BCUT2D eigenvalue weighted by Crippen LogP contribution is -2.54. The topological polar surface area (TPSA) is 132 Å². The molecule has 1 N–H and O–H groups in total. The van der Waals surface area contributed by atoms with Gasteiger partial charge in [-0.2, -0.15) is 10.4 Å². The molecule has 3 saturated heterocycles. The minimum atomic E-state index is -0.982. The molecule has 4 aliphatic heterocycles. The van der Waals surface area contributed by atoms with E-state index in [2.05, 4.69) is 33.0 Å². The van der Waals surface area contributed by atoms with Crippen LogP contribution >= 0.6 is 11.6 Å². The number of imide groups is 2. The smallest absolute Gasteiger partial charge is 0.262 e. The molecule has 11 nitrogen and oxygen atoms in total. The number of likely N-dealkylation sites (tertiary alicyclic amines) is 1. The van der Waals surface area contributed by atoms with E-state index in [0.717, 1.165) is 90.7 Å². The van der Waals surface area contributed by atoms with Crippen LogP contribution in [0.4, 0.5) is 10.1 Å². The molecular weight excluding hydrogens is 745 g/mol. The number of rotatable bonds is 6. The molecule has 0 bridgehead atoms. The van der Waals surface area contributed by atoms with Gasteiger partial charge in [0.05, 0.1) is 38.7 Å². The summed E-state index contributed by atoms with van der Waals surface area (Å²) in [5.74, 6) is 4.32. The van der Waals surface area contributed by atoms with Gasteiger partial charge < -0.3 is 9.80 Å². The maximum atomic E-state index is 15.3. The van der Waals surface area contributed by atoms with E-state index < -0.39 is 29.7 Å². The molecule has 5 heterocycles. The lowest BCUT2D eigenvalue weighted by molar-refractivity contribution is -0.136. The number of aromatic nitrogens is 2. The summed E-state index contributed by atoms with van der Waals surface area (Å²) >= 11 is 6.27. The fourth-order valence-corrected chi connectivity index (χ4v) is 8.83. The Balaban J connectivity index is 0.832. The Kier molecular flexibility index (Phi) is 10.4. The fourth-order valence-electron chi connectivity index (χ4n) is 8.62. The number of hydrogen-bond acceptors (Lipinski definition) is 8. The molecule has 3 aromatic carbocycles. The van der Waals surface area contributed by atoms with Crippen LogP contribution in [-0.2, 0) is 16.0 Å². The van der Waals surface area contributed by atoms with Gasteiger partial charge in [0, 0.05) is 54.8 Å². The minimum Gasteiger partial charge on any atom is -0.371 e. The van der Waals surface area contributed by atoms with Gasteiger partial charge in [-0.15, -0.1) is 0 Å². The number of carbonyl (C=O) groups is 4. The Hall–Kier alpha value is -5.82. The Labute approximate surface area is 335 Å². The number of piperidine rings is 3. The number of halogens is 2. The Morgan fingerprint density at radius 1 is 0.860 bits per heavy atom. The summed E-state index contributed by atoms with van der Waals surface area (Å²) in [5.41, 5.74) is 6.61. The molecule has 0 radical (unpaired) electrons. The molecule has 4 aromatic rings. The molecule has 0 aliphatic carbocycles. The summed E-state index contributed by atoms with van der Waals surface area (Å²) in [7, 11) is 0. The first kappa shape index (κ1) is 38.1. The van der Waals surface area contributed by atoms with Crippen molar-refractivity contribution in [2.75, 3.05) is 31.1 Å². The number of anilines is 1. The molecular formula is C44H41ClFN7O4. The normalized spacial score (nSPS) is 19.3. The zero-order valence-corrected chi connectivity index (χ0v) is 32.5. The number of amides is 4. The lowest BCUT2D eigenvalue weighted by Gasteiger charge is -2.42. The second-order valence-corrected chi connectivity index (χ2v) is 15.7. The first-order valence-corrected chi connectivity index (χ1v) is 19.8. The monoisotopic (exact) mass is 785 g/mol. The highest BCUT2D eigenvalue weighted by molar-refractivity contribution is 6.31. The van der Waals surface area contributed by atoms with Gasteiger partial charge in [0.1, 0.15) is 17.9 Å². The Morgan fingerprint density at radius 3 is 2.28 bits per heavy atom. The highest BCUT2D eigenvalue weighted by atomic mass is 35.5. The quantitative estimate of drug-likeness (QED) is 0.190. The number of nitrogens with zero attached hydrogens (tertiary/aromatic N) is 6. The number of benzene rings is 3. The van der Waals surface area contributed by atoms with Crippen molar-refractivity contribution in [1.82, 2.24) is 24.9 Å². The molecule has 3 fully saturated rings. The fraction of sp³-hybridized carbons (Fsp3) is 0.364. The van der Waals surface area contributed by atoms with Crippen LogP contribution in [-0.4, -0.2) is 81.5 Å². The summed E-state index contributed by atoms with van der Waals surface area (Å²) in [4.78, 5) is 56.3. The molecule has 4 amide bonds. The SMILES string of the molecule is Cc1nn(-c2ccc(C#N)c(Cl)c2)c(C)c1Cc1ccc(C#CC2CCN(C3CCN(c4ccc5c(c4)C(=O)N(C4CCC(=O)NC4=O)C5=O)CC3)CC2)c(F)c1. The highest BCUT2D eigenvalue weighted by Crippen LogP contribution is 2.33. The lowest BCUT2D eigenvalue weighted by atomic mass is 9.93. The van der Waals surface area contributed by atoms with E-state index in [1.54, 1.807) is 41.1 Å². The van der Waals surface area contributed by atoms with Gasteiger partial charge in [-0.05, 0) is 113 Å². The third-order valence-electron chi connectivity index (χ3n) is 11.9. The van der Waals surface area contributed by atoms with Gasteiger partial charge in [-0.25, -0.2) is 9.07 Å². The van der Waals surface area contributed by atoms with E-state index in [9.17, 15) is 24.4 Å². The predicted molar refractivity (Wildman–Crippen MR) is 211 cm³/mol. The van der Waals surface area contributed by atoms with Crippen molar-refractivity contribution in [3.05, 3.63) is 110 Å². The molecule has 8 rings (SSSR count). The predicted octanol–water partition coefficient (Wildman–Crippen LogP) is 5.88. The number of hydrogen-bond donors (Lipinski definition) is 1. The molecule has 0 saturated carbocycles. The van der Waals surface area contributed by atoms with Crippen LogP contribution in [0.15, 0.2) is 54.6 Å². The first-order valence-electron chi connectivity index (χ1n) is 19.4. The van der Waals surface area contributed by atoms with Crippen LogP contribution in [0, 0.1) is 48.8 Å². The second-order valence-electron chi connectivity index (χ2n) is 15.3. The minimum absolute atomic E-state index is 0.0846. The zero-order chi connectivity index (χ0) is 40.0. The van der Waals surface area contributed by atoms with E-state index in [-0.39, 0.29) is 30.1 Å².